The predicted octanol–water partition coefficient (Wildman–Crippen LogP) is 14.4. The molecule has 0 aromatic rings. The van der Waals surface area contributed by atoms with Crippen LogP contribution in [-0.4, -0.2) is 12.1 Å². The zero-order valence-corrected chi connectivity index (χ0v) is 33.0. The second-order valence-electron chi connectivity index (χ2n) is 18.4. The van der Waals surface area contributed by atoms with Crippen LogP contribution in [0.15, 0.2) is 23.8 Å². The third-order valence-corrected chi connectivity index (χ3v) is 14.8. The van der Waals surface area contributed by atoms with Gasteiger partial charge in [-0.3, -0.25) is 4.79 Å². The summed E-state index contributed by atoms with van der Waals surface area (Å²) in [5.41, 5.74) is 4.16. The molecule has 4 aliphatic carbocycles. The first-order valence-corrected chi connectivity index (χ1v) is 21.7. The Bertz CT molecular complexity index is 1010. The van der Waals surface area contributed by atoms with Crippen LogP contribution in [0.1, 0.15) is 208 Å². The molecular formula is C46H80O2. The van der Waals surface area contributed by atoms with Crippen LogP contribution in [0.5, 0.6) is 0 Å². The van der Waals surface area contributed by atoms with E-state index in [1.165, 1.54) is 147 Å². The maximum atomic E-state index is 12.8. The highest BCUT2D eigenvalue weighted by Gasteiger charge is 2.58. The summed E-state index contributed by atoms with van der Waals surface area (Å²) in [4.78, 5) is 12.8. The predicted molar refractivity (Wildman–Crippen MR) is 207 cm³/mol. The van der Waals surface area contributed by atoms with Gasteiger partial charge >= 0.3 is 5.97 Å². The molecule has 0 aromatic carbocycles. The lowest BCUT2D eigenvalue weighted by molar-refractivity contribution is -0.155. The number of esters is 1. The van der Waals surface area contributed by atoms with Crippen LogP contribution < -0.4 is 0 Å². The van der Waals surface area contributed by atoms with Crippen molar-refractivity contribution in [2.45, 2.75) is 215 Å². The van der Waals surface area contributed by atoms with E-state index in [0.717, 1.165) is 42.9 Å². The number of unbranched alkanes of at least 4 members (excludes halogenated alkanes) is 14. The fourth-order valence-electron chi connectivity index (χ4n) is 11.3. The first kappa shape index (κ1) is 39.7. The largest absolute Gasteiger partial charge is 0.462 e. The summed E-state index contributed by atoms with van der Waals surface area (Å²) in [6, 6.07) is 0. The highest BCUT2D eigenvalue weighted by Crippen LogP contribution is 2.67. The maximum absolute atomic E-state index is 12.8. The summed E-state index contributed by atoms with van der Waals surface area (Å²) in [5, 5.41) is 0. The molecule has 0 heterocycles. The van der Waals surface area contributed by atoms with E-state index in [9.17, 15) is 4.79 Å². The number of ether oxygens (including phenoxy) is 1. The minimum Gasteiger partial charge on any atom is -0.462 e. The van der Waals surface area contributed by atoms with Crippen molar-refractivity contribution < 1.29 is 9.53 Å². The molecule has 3 fully saturated rings. The van der Waals surface area contributed by atoms with Crippen LogP contribution in [0.2, 0.25) is 0 Å². The second kappa shape index (κ2) is 19.5. The molecule has 4 rings (SSSR count). The zero-order valence-electron chi connectivity index (χ0n) is 33.0. The van der Waals surface area contributed by atoms with E-state index < -0.39 is 0 Å². The smallest absolute Gasteiger partial charge is 0.306 e. The number of hydrogen-bond acceptors (Lipinski definition) is 2. The minimum absolute atomic E-state index is 0.0712. The van der Waals surface area contributed by atoms with Crippen LogP contribution in [0.3, 0.4) is 0 Å². The van der Waals surface area contributed by atoms with E-state index in [0.29, 0.717) is 29.1 Å². The Balaban J connectivity index is 1.11. The maximum Gasteiger partial charge on any atom is 0.306 e. The van der Waals surface area contributed by atoms with Gasteiger partial charge in [0.1, 0.15) is 6.10 Å². The highest BCUT2D eigenvalue weighted by molar-refractivity contribution is 5.69. The molecule has 276 valence electrons. The molecule has 0 aliphatic heterocycles. The van der Waals surface area contributed by atoms with Gasteiger partial charge in [-0.2, -0.15) is 0 Å². The molecule has 0 amide bonds. The van der Waals surface area contributed by atoms with E-state index in [-0.39, 0.29) is 12.1 Å². The van der Waals surface area contributed by atoms with Gasteiger partial charge in [0.25, 0.3) is 0 Å². The molecule has 0 aromatic heterocycles. The minimum atomic E-state index is 0.0712. The average Bonchev–Trinajstić information content (AvgIpc) is 3.42. The molecule has 0 bridgehead atoms. The number of rotatable bonds is 22. The summed E-state index contributed by atoms with van der Waals surface area (Å²) < 4.78 is 6.15. The molecule has 0 radical (unpaired) electrons. The summed E-state index contributed by atoms with van der Waals surface area (Å²) in [5.74, 6) is 4.54. The Morgan fingerprint density at radius 2 is 1.33 bits per heavy atom. The van der Waals surface area contributed by atoms with Crippen molar-refractivity contribution in [2.75, 3.05) is 0 Å². The topological polar surface area (TPSA) is 26.3 Å². The Morgan fingerprint density at radius 3 is 1.94 bits per heavy atom. The van der Waals surface area contributed by atoms with Gasteiger partial charge in [-0.25, -0.2) is 0 Å². The number of hydrogen-bond donors (Lipinski definition) is 0. The SMILES string of the molecule is C=C(CC[C@@H](C)[C@H]1CC[C@H]2C3=CC[C@H]4C[C@@H](OC(=O)CCCCCCCCCCCCCCCCC)CC[C@]4(C)[C@H]3CC[C@]12C)C(C)C. The van der Waals surface area contributed by atoms with Crippen molar-refractivity contribution in [3.05, 3.63) is 23.8 Å². The number of fused-ring (bicyclic) bond motifs is 5. The van der Waals surface area contributed by atoms with Gasteiger partial charge in [-0.05, 0) is 117 Å². The third-order valence-electron chi connectivity index (χ3n) is 14.8. The van der Waals surface area contributed by atoms with E-state index in [1.54, 1.807) is 0 Å². The highest BCUT2D eigenvalue weighted by atomic mass is 16.5. The monoisotopic (exact) mass is 665 g/mol. The van der Waals surface area contributed by atoms with E-state index in [2.05, 4.69) is 54.2 Å². The Morgan fingerprint density at radius 1 is 0.771 bits per heavy atom. The Hall–Kier alpha value is -1.05. The van der Waals surface area contributed by atoms with Crippen molar-refractivity contribution in [3.63, 3.8) is 0 Å². The fourth-order valence-corrected chi connectivity index (χ4v) is 11.3. The zero-order chi connectivity index (χ0) is 34.6. The summed E-state index contributed by atoms with van der Waals surface area (Å²) >= 11 is 0. The molecule has 3 saturated carbocycles. The normalized spacial score (nSPS) is 31.9. The van der Waals surface area contributed by atoms with Crippen molar-refractivity contribution in [1.82, 2.24) is 0 Å². The lowest BCUT2D eigenvalue weighted by Crippen LogP contribution is -2.50. The lowest BCUT2D eigenvalue weighted by Gasteiger charge is -2.58. The number of carbonyl (C=O) groups excluding carboxylic acids is 1. The molecule has 0 spiro atoms. The Labute approximate surface area is 299 Å². The first-order valence-electron chi connectivity index (χ1n) is 21.7. The van der Waals surface area contributed by atoms with Gasteiger partial charge in [0, 0.05) is 6.42 Å². The summed E-state index contributed by atoms with van der Waals surface area (Å²) in [6.45, 7) is 19.1. The third kappa shape index (κ3) is 10.5. The van der Waals surface area contributed by atoms with Crippen molar-refractivity contribution in [1.29, 1.82) is 0 Å². The van der Waals surface area contributed by atoms with Crippen LogP contribution >= 0.6 is 0 Å². The van der Waals surface area contributed by atoms with E-state index in [1.807, 2.05) is 5.57 Å². The van der Waals surface area contributed by atoms with Gasteiger partial charge in [-0.15, -0.1) is 0 Å². The van der Waals surface area contributed by atoms with Crippen LogP contribution in [0.25, 0.3) is 0 Å². The van der Waals surface area contributed by atoms with Gasteiger partial charge < -0.3 is 4.74 Å². The molecular weight excluding hydrogens is 585 g/mol. The fraction of sp³-hybridized carbons (Fsp3) is 0.891. The van der Waals surface area contributed by atoms with E-state index in [4.69, 9.17) is 4.74 Å². The van der Waals surface area contributed by atoms with Crippen molar-refractivity contribution >= 4 is 5.97 Å². The molecule has 0 saturated heterocycles. The van der Waals surface area contributed by atoms with Crippen LogP contribution in [0.4, 0.5) is 0 Å². The average molecular weight is 665 g/mol. The summed E-state index contributed by atoms with van der Waals surface area (Å²) in [6.07, 6.45) is 36.5. The van der Waals surface area contributed by atoms with Crippen LogP contribution in [-0.2, 0) is 9.53 Å². The van der Waals surface area contributed by atoms with Gasteiger partial charge in [0.2, 0.25) is 0 Å². The standard InChI is InChI=1S/C46H80O2/c1-8-9-10-11-12-13-14-15-16-17-18-19-20-21-22-23-44(47)48-39-30-32-45(6)38(34-39)26-27-40-42-29-28-41(46(42,7)33-31-43(40)45)37(5)25-24-36(4)35(2)3/h27,35,37-39,41-43H,4,8-26,28-34H2,1-3,5-7H3/t37-,38+,39+,41-,42+,43+,45+,46-/m1/s1. The molecule has 0 N–H and O–H groups in total. The second-order valence-corrected chi connectivity index (χ2v) is 18.4. The van der Waals surface area contributed by atoms with Crippen molar-refractivity contribution in [3.8, 4) is 0 Å². The van der Waals surface area contributed by atoms with Crippen molar-refractivity contribution in [2.24, 2.45) is 46.3 Å². The first-order chi connectivity index (χ1) is 23.1. The van der Waals surface area contributed by atoms with Gasteiger partial charge in [0.05, 0.1) is 0 Å². The summed E-state index contributed by atoms with van der Waals surface area (Å²) in [7, 11) is 0. The molecule has 48 heavy (non-hydrogen) atoms. The lowest BCUT2D eigenvalue weighted by atomic mass is 9.47. The molecule has 2 heteroatoms. The Kier molecular flexibility index (Phi) is 16.2. The number of allylic oxidation sites excluding steroid dienone is 3. The molecule has 2 nitrogen and oxygen atoms in total. The number of carbonyl (C=O) groups is 1. The van der Waals surface area contributed by atoms with Gasteiger partial charge in [0.15, 0.2) is 0 Å². The van der Waals surface area contributed by atoms with Crippen LogP contribution in [0, 0.1) is 46.3 Å². The van der Waals surface area contributed by atoms with E-state index >= 15 is 0 Å². The molecule has 4 aliphatic rings. The van der Waals surface area contributed by atoms with Gasteiger partial charge in [-0.1, -0.05) is 155 Å². The molecule has 8 atom stereocenters. The molecule has 0 unspecified atom stereocenters. The quantitative estimate of drug-likeness (QED) is 0.0654.